The summed E-state index contributed by atoms with van der Waals surface area (Å²) in [5, 5.41) is 7.76. The molecule has 1 heterocycles. The van der Waals surface area contributed by atoms with Gasteiger partial charge in [-0.15, -0.1) is 0 Å². The number of ether oxygens (including phenoxy) is 1. The van der Waals surface area contributed by atoms with Crippen molar-refractivity contribution < 1.29 is 14.3 Å². The zero-order chi connectivity index (χ0) is 21.8. The van der Waals surface area contributed by atoms with E-state index in [0.717, 1.165) is 54.1 Å². The Bertz CT molecular complexity index is 972. The van der Waals surface area contributed by atoms with Crippen LogP contribution in [0.15, 0.2) is 30.3 Å². The van der Waals surface area contributed by atoms with Gasteiger partial charge in [0.1, 0.15) is 0 Å². The summed E-state index contributed by atoms with van der Waals surface area (Å²) in [4.78, 5) is 25.5. The third-order valence-corrected chi connectivity index (χ3v) is 7.44. The van der Waals surface area contributed by atoms with Crippen LogP contribution in [-0.2, 0) is 9.53 Å². The molecular formula is C25H31N3O3. The topological polar surface area (TPSA) is 73.2 Å². The highest BCUT2D eigenvalue weighted by atomic mass is 16.5. The molecule has 1 amide bonds. The molecule has 1 N–H and O–H groups in total. The molecule has 1 atom stereocenters. The molecule has 4 aliphatic rings. The molecular weight excluding hydrogens is 390 g/mol. The third-order valence-electron chi connectivity index (χ3n) is 7.44. The maximum atomic E-state index is 12.9. The largest absolute Gasteiger partial charge is 0.449 e. The lowest BCUT2D eigenvalue weighted by Crippen LogP contribution is -2.61. The lowest BCUT2D eigenvalue weighted by molar-refractivity contribution is -0.134. The Morgan fingerprint density at radius 2 is 1.65 bits per heavy atom. The monoisotopic (exact) mass is 421 g/mol. The number of amides is 1. The fraction of sp³-hybridized carbons (Fsp3) is 0.560. The number of esters is 1. The second-order valence-electron chi connectivity index (χ2n) is 10.1. The fourth-order valence-electron chi connectivity index (χ4n) is 6.54. The van der Waals surface area contributed by atoms with Gasteiger partial charge in [0.2, 0.25) is 0 Å². The van der Waals surface area contributed by atoms with Crippen LogP contribution in [0.25, 0.3) is 5.69 Å². The summed E-state index contributed by atoms with van der Waals surface area (Å²) in [6, 6.07) is 9.13. The molecule has 4 saturated carbocycles. The van der Waals surface area contributed by atoms with Crippen molar-refractivity contribution in [2.45, 2.75) is 70.9 Å². The van der Waals surface area contributed by atoms with Crippen molar-refractivity contribution in [3.05, 3.63) is 47.3 Å². The highest BCUT2D eigenvalue weighted by Crippen LogP contribution is 2.55. The Morgan fingerprint density at radius 3 is 2.16 bits per heavy atom. The quantitative estimate of drug-likeness (QED) is 0.737. The Labute approximate surface area is 183 Å². The van der Waals surface area contributed by atoms with Crippen LogP contribution in [0.1, 0.15) is 67.2 Å². The summed E-state index contributed by atoms with van der Waals surface area (Å²) in [7, 11) is 0. The molecule has 4 fully saturated rings. The van der Waals surface area contributed by atoms with Crippen molar-refractivity contribution in [3.8, 4) is 5.69 Å². The van der Waals surface area contributed by atoms with Gasteiger partial charge in [0.05, 0.1) is 16.9 Å². The fourth-order valence-corrected chi connectivity index (χ4v) is 6.54. The van der Waals surface area contributed by atoms with Crippen molar-refractivity contribution in [2.75, 3.05) is 0 Å². The summed E-state index contributed by atoms with van der Waals surface area (Å²) < 4.78 is 7.35. The van der Waals surface area contributed by atoms with Crippen molar-refractivity contribution in [2.24, 2.45) is 17.8 Å². The molecule has 1 aromatic carbocycles. The van der Waals surface area contributed by atoms with Gasteiger partial charge in [0, 0.05) is 11.2 Å². The molecule has 6 heteroatoms. The van der Waals surface area contributed by atoms with Crippen LogP contribution in [0.2, 0.25) is 0 Å². The highest BCUT2D eigenvalue weighted by molar-refractivity contribution is 5.92. The molecule has 6 nitrogen and oxygen atoms in total. The lowest BCUT2D eigenvalue weighted by Gasteiger charge is -2.57. The van der Waals surface area contributed by atoms with Crippen LogP contribution in [0.5, 0.6) is 0 Å². The number of nitrogens with one attached hydrogen (secondary N) is 1. The molecule has 2 aromatic rings. The first-order valence-electron chi connectivity index (χ1n) is 11.5. The summed E-state index contributed by atoms with van der Waals surface area (Å²) in [5.41, 5.74) is 3.21. The molecule has 0 radical (unpaired) electrons. The first-order chi connectivity index (χ1) is 14.8. The van der Waals surface area contributed by atoms with Gasteiger partial charge >= 0.3 is 5.97 Å². The standard InChI is InChI=1S/C25H31N3O3/c1-15-8-16(2)28(27-15)22-6-4-21(5-7-22)24(30)31-17(3)23(29)26-25-12-18-9-19(13-25)11-20(10-18)14-25/h4-8,17-20H,9-14H2,1-3H3,(H,26,29)/t17-,18?,19?,20?,25?/m1/s1. The number of aryl methyl sites for hydroxylation is 2. The number of aromatic nitrogens is 2. The second kappa shape index (κ2) is 7.50. The van der Waals surface area contributed by atoms with E-state index in [2.05, 4.69) is 10.4 Å². The second-order valence-corrected chi connectivity index (χ2v) is 10.1. The van der Waals surface area contributed by atoms with E-state index in [4.69, 9.17) is 4.74 Å². The van der Waals surface area contributed by atoms with Gasteiger partial charge in [-0.3, -0.25) is 4.79 Å². The number of hydrogen-bond donors (Lipinski definition) is 1. The van der Waals surface area contributed by atoms with E-state index in [1.54, 1.807) is 19.1 Å². The van der Waals surface area contributed by atoms with Gasteiger partial charge in [-0.25, -0.2) is 9.48 Å². The Morgan fingerprint density at radius 1 is 1.06 bits per heavy atom. The predicted octanol–water partition coefficient (Wildman–Crippen LogP) is 4.12. The molecule has 0 spiro atoms. The van der Waals surface area contributed by atoms with E-state index in [0.29, 0.717) is 5.56 Å². The minimum absolute atomic E-state index is 0.0755. The molecule has 31 heavy (non-hydrogen) atoms. The van der Waals surface area contributed by atoms with Crippen LogP contribution in [0, 0.1) is 31.6 Å². The van der Waals surface area contributed by atoms with Crippen molar-refractivity contribution >= 4 is 11.9 Å². The normalized spacial score (nSPS) is 29.6. The first-order valence-corrected chi connectivity index (χ1v) is 11.5. The number of benzene rings is 1. The molecule has 0 unspecified atom stereocenters. The number of carbonyl (C=O) groups excluding carboxylic acids is 2. The van der Waals surface area contributed by atoms with Crippen LogP contribution >= 0.6 is 0 Å². The number of rotatable bonds is 5. The first kappa shape index (κ1) is 20.3. The van der Waals surface area contributed by atoms with Crippen LogP contribution < -0.4 is 5.32 Å². The average molecular weight is 422 g/mol. The van der Waals surface area contributed by atoms with E-state index in [-0.39, 0.29) is 11.4 Å². The summed E-state index contributed by atoms with van der Waals surface area (Å²) in [5.74, 6) is 1.61. The van der Waals surface area contributed by atoms with Gasteiger partial charge in [-0.05, 0) is 107 Å². The van der Waals surface area contributed by atoms with Crippen molar-refractivity contribution in [1.82, 2.24) is 15.1 Å². The number of carbonyl (C=O) groups is 2. The molecule has 1 aromatic heterocycles. The maximum absolute atomic E-state index is 12.9. The lowest BCUT2D eigenvalue weighted by atomic mass is 9.53. The molecule has 0 saturated heterocycles. The van der Waals surface area contributed by atoms with Gasteiger partial charge in [-0.2, -0.15) is 5.10 Å². The van der Waals surface area contributed by atoms with E-state index in [1.807, 2.05) is 36.7 Å². The summed E-state index contributed by atoms with van der Waals surface area (Å²) >= 11 is 0. The molecule has 0 aliphatic heterocycles. The Kier molecular flexibility index (Phi) is 4.91. The van der Waals surface area contributed by atoms with Crippen molar-refractivity contribution in [1.29, 1.82) is 0 Å². The van der Waals surface area contributed by atoms with E-state index >= 15 is 0 Å². The van der Waals surface area contributed by atoms with Crippen LogP contribution in [0.4, 0.5) is 0 Å². The minimum Gasteiger partial charge on any atom is -0.449 e. The number of hydrogen-bond acceptors (Lipinski definition) is 4. The SMILES string of the molecule is Cc1cc(C)n(-c2ccc(C(=O)O[C@H](C)C(=O)NC34CC5CC(CC(C5)C3)C4)cc2)n1. The van der Waals surface area contributed by atoms with Crippen molar-refractivity contribution in [3.63, 3.8) is 0 Å². The summed E-state index contributed by atoms with van der Waals surface area (Å²) in [6.07, 6.45) is 6.42. The van der Waals surface area contributed by atoms with Crippen LogP contribution in [-0.4, -0.2) is 33.3 Å². The Hall–Kier alpha value is -2.63. The van der Waals surface area contributed by atoms with Gasteiger partial charge in [0.15, 0.2) is 6.10 Å². The van der Waals surface area contributed by atoms with Gasteiger partial charge in [0.25, 0.3) is 5.91 Å². The van der Waals surface area contributed by atoms with E-state index in [9.17, 15) is 9.59 Å². The predicted molar refractivity (Wildman–Crippen MR) is 117 cm³/mol. The third kappa shape index (κ3) is 3.88. The molecule has 4 bridgehead atoms. The summed E-state index contributed by atoms with van der Waals surface area (Å²) in [6.45, 7) is 5.61. The maximum Gasteiger partial charge on any atom is 0.338 e. The van der Waals surface area contributed by atoms with E-state index in [1.165, 1.54) is 19.3 Å². The van der Waals surface area contributed by atoms with E-state index < -0.39 is 12.1 Å². The average Bonchev–Trinajstić information content (AvgIpc) is 3.04. The smallest absolute Gasteiger partial charge is 0.338 e. The Balaban J connectivity index is 1.21. The number of nitrogens with zero attached hydrogens (tertiary/aromatic N) is 2. The molecule has 164 valence electrons. The van der Waals surface area contributed by atoms with Gasteiger partial charge in [-0.1, -0.05) is 0 Å². The minimum atomic E-state index is -0.809. The molecule has 4 aliphatic carbocycles. The van der Waals surface area contributed by atoms with Gasteiger partial charge < -0.3 is 10.1 Å². The zero-order valence-electron chi connectivity index (χ0n) is 18.6. The zero-order valence-corrected chi connectivity index (χ0v) is 18.6. The van der Waals surface area contributed by atoms with Crippen LogP contribution in [0.3, 0.4) is 0 Å². The highest BCUT2D eigenvalue weighted by Gasteiger charge is 2.51. The molecule has 6 rings (SSSR count).